The molecule has 0 saturated heterocycles. The van der Waals surface area contributed by atoms with E-state index in [9.17, 15) is 14.4 Å². The first-order chi connectivity index (χ1) is 12.2. The summed E-state index contributed by atoms with van der Waals surface area (Å²) in [4.78, 5) is 37.6. The Morgan fingerprint density at radius 2 is 1.73 bits per heavy atom. The summed E-state index contributed by atoms with van der Waals surface area (Å²) in [7, 11) is 3.70. The van der Waals surface area contributed by atoms with E-state index in [-0.39, 0.29) is 42.1 Å². The maximum Gasteiger partial charge on any atom is 0.242 e. The van der Waals surface area contributed by atoms with Crippen molar-refractivity contribution in [3.05, 3.63) is 12.8 Å². The number of ketones is 1. The molecule has 3 N–H and O–H groups in total. The third-order valence-electron chi connectivity index (χ3n) is 4.23. The molecule has 7 heteroatoms. The van der Waals surface area contributed by atoms with E-state index in [4.69, 9.17) is 0 Å². The van der Waals surface area contributed by atoms with Crippen molar-refractivity contribution in [2.75, 3.05) is 27.2 Å². The van der Waals surface area contributed by atoms with Crippen LogP contribution in [0.2, 0.25) is 0 Å². The van der Waals surface area contributed by atoms with Gasteiger partial charge in [-0.2, -0.15) is 0 Å². The van der Waals surface area contributed by atoms with Crippen LogP contribution >= 0.6 is 0 Å². The fraction of sp³-hybridized carbons (Fsp3) is 0.737. The van der Waals surface area contributed by atoms with Crippen molar-refractivity contribution in [3.8, 4) is 0 Å². The minimum absolute atomic E-state index is 0.0198. The van der Waals surface area contributed by atoms with Crippen molar-refractivity contribution in [2.24, 2.45) is 5.92 Å². The van der Waals surface area contributed by atoms with Gasteiger partial charge in [0.05, 0.1) is 12.6 Å². The van der Waals surface area contributed by atoms with E-state index < -0.39 is 0 Å². The predicted molar refractivity (Wildman–Crippen MR) is 105 cm³/mol. The molecule has 2 amide bonds. The lowest BCUT2D eigenvalue weighted by molar-refractivity contribution is -0.128. The molecular weight excluding hydrogens is 332 g/mol. The van der Waals surface area contributed by atoms with Crippen LogP contribution in [0.25, 0.3) is 0 Å². The van der Waals surface area contributed by atoms with Gasteiger partial charge in [-0.15, -0.1) is 0 Å². The first-order valence-electron chi connectivity index (χ1n) is 9.35. The number of likely N-dealkylation sites (N-methyl/N-ethyl adjacent to an activating group) is 1. The third kappa shape index (κ3) is 9.56. The van der Waals surface area contributed by atoms with Gasteiger partial charge >= 0.3 is 0 Å². The van der Waals surface area contributed by atoms with Gasteiger partial charge in [0.25, 0.3) is 0 Å². The summed E-state index contributed by atoms with van der Waals surface area (Å²) in [5.74, 6) is 0.0165. The van der Waals surface area contributed by atoms with Crippen molar-refractivity contribution in [2.45, 2.75) is 58.5 Å². The molecule has 0 aliphatic heterocycles. The van der Waals surface area contributed by atoms with Crippen LogP contribution in [-0.2, 0) is 14.4 Å². The van der Waals surface area contributed by atoms with Gasteiger partial charge in [0.2, 0.25) is 11.8 Å². The van der Waals surface area contributed by atoms with E-state index >= 15 is 0 Å². The van der Waals surface area contributed by atoms with E-state index in [1.54, 1.807) is 6.92 Å². The van der Waals surface area contributed by atoms with Crippen LogP contribution in [0.4, 0.5) is 0 Å². The second kappa shape index (κ2) is 13.3. The number of rotatable bonds is 14. The highest BCUT2D eigenvalue weighted by Crippen LogP contribution is 2.07. The summed E-state index contributed by atoms with van der Waals surface area (Å²) in [6, 6.07) is -0.565. The number of hydrogen-bond acceptors (Lipinski definition) is 5. The number of carbonyl (C=O) groups excluding carboxylic acids is 3. The van der Waals surface area contributed by atoms with E-state index in [1.807, 2.05) is 32.8 Å². The molecule has 0 rings (SSSR count). The average Bonchev–Trinajstić information content (AvgIpc) is 2.59. The molecule has 0 saturated carbocycles. The molecule has 0 aromatic rings. The summed E-state index contributed by atoms with van der Waals surface area (Å²) in [6.07, 6.45) is 4.22. The largest absolute Gasteiger partial charge is 0.380 e. The highest BCUT2D eigenvalue weighted by atomic mass is 16.2. The number of nitrogens with zero attached hydrogens (tertiary/aromatic N) is 1. The van der Waals surface area contributed by atoms with E-state index in [0.717, 1.165) is 12.8 Å². The lowest BCUT2D eigenvalue weighted by Gasteiger charge is -2.23. The zero-order valence-corrected chi connectivity index (χ0v) is 16.9. The lowest BCUT2D eigenvalue weighted by Crippen LogP contribution is -2.46. The fourth-order valence-corrected chi connectivity index (χ4v) is 2.53. The maximum absolute atomic E-state index is 12.2. The van der Waals surface area contributed by atoms with Crippen molar-refractivity contribution in [1.29, 1.82) is 0 Å². The topological polar surface area (TPSA) is 90.5 Å². The van der Waals surface area contributed by atoms with Crippen molar-refractivity contribution in [3.63, 3.8) is 0 Å². The standard InChI is InChI=1S/C19H36N4O3/c1-7-15(24)13-22-18(25)16(23(5)6)11-9-10-12-21-19(26)17(14(3)4)20-8-2/h8,14,16-17,20H,2,7,9-13H2,1,3-6H3,(H,21,26)(H,22,25)/t16-,17-/m0/s1. The molecular formula is C19H36N4O3. The summed E-state index contributed by atoms with van der Waals surface area (Å²) < 4.78 is 0. The number of hydrogen-bond donors (Lipinski definition) is 3. The minimum Gasteiger partial charge on any atom is -0.380 e. The molecule has 150 valence electrons. The maximum atomic E-state index is 12.2. The van der Waals surface area contributed by atoms with Crippen molar-refractivity contribution < 1.29 is 14.4 Å². The molecule has 0 aliphatic rings. The molecule has 0 unspecified atom stereocenters. The second-order valence-electron chi connectivity index (χ2n) is 6.97. The van der Waals surface area contributed by atoms with E-state index in [1.165, 1.54) is 6.20 Å². The van der Waals surface area contributed by atoms with Crippen LogP contribution in [-0.4, -0.2) is 61.8 Å². The predicted octanol–water partition coefficient (Wildman–Crippen LogP) is 1.06. The molecule has 0 aromatic heterocycles. The van der Waals surface area contributed by atoms with Crippen molar-refractivity contribution in [1.82, 2.24) is 20.9 Å². The molecule has 0 bridgehead atoms. The van der Waals surface area contributed by atoms with Gasteiger partial charge in [-0.1, -0.05) is 27.4 Å². The highest BCUT2D eigenvalue weighted by molar-refractivity contribution is 5.88. The van der Waals surface area contributed by atoms with Gasteiger partial charge in [-0.3, -0.25) is 19.3 Å². The molecule has 0 heterocycles. The van der Waals surface area contributed by atoms with Gasteiger partial charge in [-0.25, -0.2) is 0 Å². The van der Waals surface area contributed by atoms with Crippen LogP contribution in [0.3, 0.4) is 0 Å². The normalized spacial score (nSPS) is 13.2. The minimum atomic E-state index is -0.288. The summed E-state index contributed by atoms with van der Waals surface area (Å²) in [5.41, 5.74) is 0. The second-order valence-corrected chi connectivity index (χ2v) is 6.97. The highest BCUT2D eigenvalue weighted by Gasteiger charge is 2.21. The van der Waals surface area contributed by atoms with Crippen LogP contribution in [0.1, 0.15) is 46.5 Å². The van der Waals surface area contributed by atoms with E-state index in [0.29, 0.717) is 19.4 Å². The zero-order chi connectivity index (χ0) is 20.1. The van der Waals surface area contributed by atoms with Crippen LogP contribution in [0, 0.1) is 5.92 Å². The summed E-state index contributed by atoms with van der Waals surface area (Å²) in [5, 5.41) is 8.58. The number of unbranched alkanes of at least 4 members (excludes halogenated alkanes) is 1. The molecule has 0 fully saturated rings. The Bertz CT molecular complexity index is 464. The molecule has 0 spiro atoms. The first kappa shape index (κ1) is 24.1. The smallest absolute Gasteiger partial charge is 0.242 e. The third-order valence-corrected chi connectivity index (χ3v) is 4.23. The average molecular weight is 369 g/mol. The molecule has 2 atom stereocenters. The Hall–Kier alpha value is -1.89. The van der Waals surface area contributed by atoms with Gasteiger partial charge in [-0.05, 0) is 45.5 Å². The van der Waals surface area contributed by atoms with Crippen LogP contribution < -0.4 is 16.0 Å². The lowest BCUT2D eigenvalue weighted by atomic mass is 10.0. The van der Waals surface area contributed by atoms with Gasteiger partial charge in [0, 0.05) is 13.0 Å². The first-order valence-corrected chi connectivity index (χ1v) is 9.35. The molecule has 0 radical (unpaired) electrons. The Labute approximate surface area is 158 Å². The summed E-state index contributed by atoms with van der Waals surface area (Å²) in [6.45, 7) is 9.99. The number of carbonyl (C=O) groups is 3. The number of Topliss-reactive ketones (excluding diaryl/α,β-unsaturated/α-hetero) is 1. The molecule has 0 aliphatic carbocycles. The Kier molecular flexibility index (Phi) is 12.4. The summed E-state index contributed by atoms with van der Waals surface area (Å²) >= 11 is 0. The van der Waals surface area contributed by atoms with Crippen LogP contribution in [0.15, 0.2) is 12.8 Å². The molecule has 7 nitrogen and oxygen atoms in total. The van der Waals surface area contributed by atoms with Crippen molar-refractivity contribution >= 4 is 17.6 Å². The van der Waals surface area contributed by atoms with Gasteiger partial charge < -0.3 is 16.0 Å². The van der Waals surface area contributed by atoms with Crippen LogP contribution in [0.5, 0.6) is 0 Å². The Balaban J connectivity index is 4.24. The van der Waals surface area contributed by atoms with Gasteiger partial charge in [0.15, 0.2) is 5.78 Å². The Morgan fingerprint density at radius 3 is 2.23 bits per heavy atom. The monoisotopic (exact) mass is 368 g/mol. The SMILES string of the molecule is C=CN[C@H](C(=O)NCCCC[C@@H](C(=O)NCC(=O)CC)N(C)C)C(C)C. The van der Waals surface area contributed by atoms with E-state index in [2.05, 4.69) is 22.5 Å². The number of amides is 2. The Morgan fingerprint density at radius 1 is 1.08 bits per heavy atom. The molecule has 0 aromatic carbocycles. The molecule has 26 heavy (non-hydrogen) atoms. The fourth-order valence-electron chi connectivity index (χ4n) is 2.53. The quantitative estimate of drug-likeness (QED) is 0.399. The zero-order valence-electron chi connectivity index (χ0n) is 16.9. The van der Waals surface area contributed by atoms with Gasteiger partial charge in [0.1, 0.15) is 6.04 Å². The number of nitrogens with one attached hydrogen (secondary N) is 3.